The van der Waals surface area contributed by atoms with E-state index in [1.54, 1.807) is 11.4 Å². The van der Waals surface area contributed by atoms with E-state index < -0.39 is 5.97 Å². The summed E-state index contributed by atoms with van der Waals surface area (Å²) < 4.78 is 0. The molecular weight excluding hydrogens is 274 g/mol. The van der Waals surface area contributed by atoms with Crippen molar-refractivity contribution in [1.82, 2.24) is 15.0 Å². The van der Waals surface area contributed by atoms with E-state index in [4.69, 9.17) is 16.7 Å². The SMILES string of the molecule is O=C(O)c1ccc2[nH]c(-c3cscc3Cl)nc2n1. The van der Waals surface area contributed by atoms with Crippen LogP contribution < -0.4 is 0 Å². The minimum atomic E-state index is -1.07. The van der Waals surface area contributed by atoms with Crippen LogP contribution in [0.3, 0.4) is 0 Å². The van der Waals surface area contributed by atoms with Crippen molar-refractivity contribution in [2.75, 3.05) is 0 Å². The number of aromatic carboxylic acids is 1. The Labute approximate surface area is 110 Å². The van der Waals surface area contributed by atoms with Crippen LogP contribution in [0.1, 0.15) is 10.5 Å². The Balaban J connectivity index is 2.17. The van der Waals surface area contributed by atoms with Gasteiger partial charge in [0.1, 0.15) is 5.82 Å². The maximum absolute atomic E-state index is 10.8. The standard InChI is InChI=1S/C11H6ClN3O2S/c12-6-4-18-3-5(6)9-13-7-1-2-8(11(16)17)14-10(7)15-9/h1-4H,(H,16,17)(H,13,14,15). The number of aromatic nitrogens is 3. The highest BCUT2D eigenvalue weighted by atomic mass is 35.5. The number of thiophene rings is 1. The molecule has 3 heterocycles. The van der Waals surface area contributed by atoms with E-state index in [-0.39, 0.29) is 5.69 Å². The van der Waals surface area contributed by atoms with Crippen LogP contribution in [0.4, 0.5) is 0 Å². The largest absolute Gasteiger partial charge is 0.477 e. The van der Waals surface area contributed by atoms with Gasteiger partial charge in [-0.2, -0.15) is 11.3 Å². The third-order valence-electron chi connectivity index (χ3n) is 2.43. The van der Waals surface area contributed by atoms with E-state index >= 15 is 0 Å². The van der Waals surface area contributed by atoms with Crippen LogP contribution in [-0.4, -0.2) is 26.0 Å². The first kappa shape index (κ1) is 11.2. The van der Waals surface area contributed by atoms with Gasteiger partial charge in [0, 0.05) is 16.3 Å². The van der Waals surface area contributed by atoms with E-state index in [0.717, 1.165) is 5.56 Å². The van der Waals surface area contributed by atoms with Crippen LogP contribution in [0.5, 0.6) is 0 Å². The molecule has 5 nitrogen and oxygen atoms in total. The average Bonchev–Trinajstić information content (AvgIpc) is 2.92. The van der Waals surface area contributed by atoms with Gasteiger partial charge in [0.25, 0.3) is 0 Å². The number of nitrogens with zero attached hydrogens (tertiary/aromatic N) is 2. The number of nitrogens with one attached hydrogen (secondary N) is 1. The molecule has 3 aromatic heterocycles. The van der Waals surface area contributed by atoms with Crippen molar-refractivity contribution >= 4 is 40.1 Å². The van der Waals surface area contributed by atoms with Gasteiger partial charge in [0.05, 0.1) is 10.5 Å². The highest BCUT2D eigenvalue weighted by Gasteiger charge is 2.12. The summed E-state index contributed by atoms with van der Waals surface area (Å²) in [6.07, 6.45) is 0. The van der Waals surface area contributed by atoms with Crippen molar-refractivity contribution in [3.05, 3.63) is 33.6 Å². The number of hydrogen-bond donors (Lipinski definition) is 2. The minimum Gasteiger partial charge on any atom is -0.477 e. The highest BCUT2D eigenvalue weighted by Crippen LogP contribution is 2.30. The van der Waals surface area contributed by atoms with Crippen molar-refractivity contribution in [2.24, 2.45) is 0 Å². The normalized spacial score (nSPS) is 10.9. The van der Waals surface area contributed by atoms with Crippen LogP contribution in [0, 0.1) is 0 Å². The molecule has 7 heteroatoms. The number of carbonyl (C=O) groups is 1. The Morgan fingerprint density at radius 3 is 2.83 bits per heavy atom. The molecule has 3 aromatic rings. The summed E-state index contributed by atoms with van der Waals surface area (Å²) in [6.45, 7) is 0. The summed E-state index contributed by atoms with van der Waals surface area (Å²) in [5.41, 5.74) is 1.80. The van der Waals surface area contributed by atoms with E-state index in [0.29, 0.717) is 22.0 Å². The maximum atomic E-state index is 10.8. The Hall–Kier alpha value is -1.92. The number of pyridine rings is 1. The van der Waals surface area contributed by atoms with Gasteiger partial charge in [-0.15, -0.1) is 0 Å². The van der Waals surface area contributed by atoms with Crippen molar-refractivity contribution in [3.8, 4) is 11.4 Å². The second-order valence-electron chi connectivity index (χ2n) is 3.59. The molecule has 0 aliphatic heterocycles. The lowest BCUT2D eigenvalue weighted by Crippen LogP contribution is -1.99. The molecule has 18 heavy (non-hydrogen) atoms. The molecule has 2 N–H and O–H groups in total. The number of rotatable bonds is 2. The highest BCUT2D eigenvalue weighted by molar-refractivity contribution is 7.08. The summed E-state index contributed by atoms with van der Waals surface area (Å²) in [4.78, 5) is 22.1. The zero-order chi connectivity index (χ0) is 12.7. The van der Waals surface area contributed by atoms with E-state index in [2.05, 4.69) is 15.0 Å². The molecule has 0 bridgehead atoms. The molecular formula is C11H6ClN3O2S. The summed E-state index contributed by atoms with van der Waals surface area (Å²) in [5.74, 6) is -0.485. The van der Waals surface area contributed by atoms with Crippen LogP contribution in [0.25, 0.3) is 22.6 Å². The molecule has 0 amide bonds. The monoisotopic (exact) mass is 279 g/mol. The summed E-state index contributed by atoms with van der Waals surface area (Å²) >= 11 is 7.49. The van der Waals surface area contributed by atoms with Crippen LogP contribution in [0.2, 0.25) is 5.02 Å². The van der Waals surface area contributed by atoms with Crippen LogP contribution >= 0.6 is 22.9 Å². The molecule has 0 unspecified atom stereocenters. The zero-order valence-corrected chi connectivity index (χ0v) is 10.4. The van der Waals surface area contributed by atoms with Crippen LogP contribution in [-0.2, 0) is 0 Å². The number of H-pyrrole nitrogens is 1. The zero-order valence-electron chi connectivity index (χ0n) is 8.85. The van der Waals surface area contributed by atoms with Crippen molar-refractivity contribution < 1.29 is 9.90 Å². The number of carboxylic acids is 1. The summed E-state index contributed by atoms with van der Waals surface area (Å²) in [6, 6.07) is 3.07. The Bertz CT molecular complexity index is 750. The molecule has 0 saturated heterocycles. The molecule has 0 aliphatic carbocycles. The number of hydrogen-bond acceptors (Lipinski definition) is 4. The van der Waals surface area contributed by atoms with E-state index in [1.165, 1.54) is 17.4 Å². The van der Waals surface area contributed by atoms with Gasteiger partial charge in [-0.1, -0.05) is 11.6 Å². The first-order chi connectivity index (χ1) is 8.65. The fraction of sp³-hybridized carbons (Fsp3) is 0. The van der Waals surface area contributed by atoms with Gasteiger partial charge in [-0.3, -0.25) is 0 Å². The second kappa shape index (κ2) is 4.08. The van der Waals surface area contributed by atoms with Crippen molar-refractivity contribution in [1.29, 1.82) is 0 Å². The third-order valence-corrected chi connectivity index (χ3v) is 3.62. The minimum absolute atomic E-state index is 0.0306. The van der Waals surface area contributed by atoms with Gasteiger partial charge in [-0.05, 0) is 12.1 Å². The molecule has 0 saturated carbocycles. The maximum Gasteiger partial charge on any atom is 0.354 e. The van der Waals surface area contributed by atoms with Gasteiger partial charge < -0.3 is 10.1 Å². The Kier molecular flexibility index (Phi) is 2.53. The molecule has 0 atom stereocenters. The summed E-state index contributed by atoms with van der Waals surface area (Å²) in [7, 11) is 0. The molecule has 0 fully saturated rings. The molecule has 0 radical (unpaired) electrons. The third kappa shape index (κ3) is 1.75. The molecule has 0 spiro atoms. The lowest BCUT2D eigenvalue weighted by atomic mass is 10.3. The molecule has 0 aromatic carbocycles. The summed E-state index contributed by atoms with van der Waals surface area (Å²) in [5, 5.41) is 13.1. The molecule has 0 aliphatic rings. The Morgan fingerprint density at radius 1 is 1.33 bits per heavy atom. The fourth-order valence-electron chi connectivity index (χ4n) is 1.59. The van der Waals surface area contributed by atoms with Crippen molar-refractivity contribution in [3.63, 3.8) is 0 Å². The smallest absolute Gasteiger partial charge is 0.354 e. The van der Waals surface area contributed by atoms with E-state index in [9.17, 15) is 4.79 Å². The van der Waals surface area contributed by atoms with Gasteiger partial charge in [-0.25, -0.2) is 14.8 Å². The number of carboxylic acid groups (broad SMARTS) is 1. The fourth-order valence-corrected chi connectivity index (χ4v) is 2.64. The first-order valence-electron chi connectivity index (χ1n) is 4.97. The van der Waals surface area contributed by atoms with E-state index in [1.807, 2.05) is 5.38 Å². The number of fused-ring (bicyclic) bond motifs is 1. The number of aromatic amines is 1. The number of imidazole rings is 1. The number of halogens is 1. The second-order valence-corrected chi connectivity index (χ2v) is 4.74. The van der Waals surface area contributed by atoms with Gasteiger partial charge >= 0.3 is 5.97 Å². The predicted octanol–water partition coefficient (Wildman–Crippen LogP) is 3.04. The van der Waals surface area contributed by atoms with Crippen LogP contribution in [0.15, 0.2) is 22.9 Å². The van der Waals surface area contributed by atoms with Crippen molar-refractivity contribution in [2.45, 2.75) is 0 Å². The lowest BCUT2D eigenvalue weighted by molar-refractivity contribution is 0.0691. The quantitative estimate of drug-likeness (QED) is 0.756. The molecule has 90 valence electrons. The lowest BCUT2D eigenvalue weighted by Gasteiger charge is -1.91. The average molecular weight is 280 g/mol. The predicted molar refractivity (Wildman–Crippen MR) is 69.2 cm³/mol. The van der Waals surface area contributed by atoms with Gasteiger partial charge in [0.2, 0.25) is 0 Å². The topological polar surface area (TPSA) is 78.9 Å². The Morgan fingerprint density at radius 2 is 2.17 bits per heavy atom. The molecule has 3 rings (SSSR count). The van der Waals surface area contributed by atoms with Gasteiger partial charge in [0.15, 0.2) is 11.3 Å². The first-order valence-corrected chi connectivity index (χ1v) is 6.29.